The monoisotopic (exact) mass is 287 g/mol. The number of hydrogen-bond donors (Lipinski definition) is 1. The zero-order valence-corrected chi connectivity index (χ0v) is 12.4. The first-order valence-corrected chi connectivity index (χ1v) is 8.07. The van der Waals surface area contributed by atoms with E-state index >= 15 is 0 Å². The molecule has 2 nitrogen and oxygen atoms in total. The summed E-state index contributed by atoms with van der Waals surface area (Å²) in [7, 11) is 0. The zero-order chi connectivity index (χ0) is 12.6. The van der Waals surface area contributed by atoms with E-state index in [9.17, 15) is 0 Å². The SMILES string of the molecule is Clc1ccc(CNCCCCC2CCOCC2)s1. The van der Waals surface area contributed by atoms with Crippen molar-refractivity contribution in [3.8, 4) is 0 Å². The van der Waals surface area contributed by atoms with Crippen LogP contribution >= 0.6 is 22.9 Å². The molecule has 0 unspecified atom stereocenters. The average molecular weight is 288 g/mol. The van der Waals surface area contributed by atoms with E-state index in [1.165, 1.54) is 37.0 Å². The second-order valence-corrected chi connectivity index (χ2v) is 6.73. The van der Waals surface area contributed by atoms with Gasteiger partial charge in [-0.1, -0.05) is 24.4 Å². The van der Waals surface area contributed by atoms with Crippen LogP contribution in [-0.2, 0) is 11.3 Å². The van der Waals surface area contributed by atoms with Crippen LogP contribution in [0.4, 0.5) is 0 Å². The summed E-state index contributed by atoms with van der Waals surface area (Å²) in [4.78, 5) is 1.32. The summed E-state index contributed by atoms with van der Waals surface area (Å²) in [5.74, 6) is 0.912. The molecule has 18 heavy (non-hydrogen) atoms. The number of rotatable bonds is 7. The normalized spacial score (nSPS) is 17.2. The highest BCUT2D eigenvalue weighted by molar-refractivity contribution is 7.16. The van der Waals surface area contributed by atoms with Crippen molar-refractivity contribution in [3.05, 3.63) is 21.3 Å². The third-order valence-electron chi connectivity index (χ3n) is 3.48. The second-order valence-electron chi connectivity index (χ2n) is 4.93. The van der Waals surface area contributed by atoms with Crippen molar-refractivity contribution < 1.29 is 4.74 Å². The van der Waals surface area contributed by atoms with Gasteiger partial charge in [-0.15, -0.1) is 11.3 Å². The zero-order valence-electron chi connectivity index (χ0n) is 10.8. The van der Waals surface area contributed by atoms with Crippen molar-refractivity contribution in [3.63, 3.8) is 0 Å². The van der Waals surface area contributed by atoms with E-state index in [-0.39, 0.29) is 0 Å². The molecule has 1 saturated heterocycles. The Morgan fingerprint density at radius 1 is 1.28 bits per heavy atom. The van der Waals surface area contributed by atoms with Gasteiger partial charge in [-0.05, 0) is 43.9 Å². The standard InChI is InChI=1S/C14H22ClNOS/c15-14-5-4-13(18-14)11-16-8-2-1-3-12-6-9-17-10-7-12/h4-5,12,16H,1-3,6-11H2. The Balaban J connectivity index is 1.46. The van der Waals surface area contributed by atoms with Crippen LogP contribution in [0.15, 0.2) is 12.1 Å². The van der Waals surface area contributed by atoms with Crippen molar-refractivity contribution in [1.29, 1.82) is 0 Å². The van der Waals surface area contributed by atoms with E-state index < -0.39 is 0 Å². The van der Waals surface area contributed by atoms with E-state index in [0.29, 0.717) is 0 Å². The smallest absolute Gasteiger partial charge is 0.0931 e. The minimum Gasteiger partial charge on any atom is -0.381 e. The van der Waals surface area contributed by atoms with Crippen molar-refractivity contribution in [2.24, 2.45) is 5.92 Å². The Morgan fingerprint density at radius 3 is 2.83 bits per heavy atom. The maximum absolute atomic E-state index is 5.89. The van der Waals surface area contributed by atoms with Crippen molar-refractivity contribution >= 4 is 22.9 Å². The molecule has 2 heterocycles. The van der Waals surface area contributed by atoms with Gasteiger partial charge in [0.1, 0.15) is 0 Å². The summed E-state index contributed by atoms with van der Waals surface area (Å²) in [6.45, 7) is 4.01. The summed E-state index contributed by atoms with van der Waals surface area (Å²) in [6, 6.07) is 4.07. The molecule has 0 aromatic carbocycles. The molecule has 0 atom stereocenters. The molecule has 0 saturated carbocycles. The molecule has 1 aromatic heterocycles. The first-order valence-electron chi connectivity index (χ1n) is 6.87. The summed E-state index contributed by atoms with van der Waals surface area (Å²) in [5.41, 5.74) is 0. The van der Waals surface area contributed by atoms with Crippen molar-refractivity contribution in [2.75, 3.05) is 19.8 Å². The minimum atomic E-state index is 0.881. The lowest BCUT2D eigenvalue weighted by Gasteiger charge is -2.21. The third-order valence-corrected chi connectivity index (χ3v) is 4.72. The predicted molar refractivity (Wildman–Crippen MR) is 78.4 cm³/mol. The topological polar surface area (TPSA) is 21.3 Å². The number of unbranched alkanes of at least 4 members (excludes halogenated alkanes) is 1. The van der Waals surface area contributed by atoms with Crippen LogP contribution in [0.25, 0.3) is 0 Å². The van der Waals surface area contributed by atoms with Gasteiger partial charge in [0.05, 0.1) is 4.34 Å². The molecule has 4 heteroatoms. The summed E-state index contributed by atoms with van der Waals surface area (Å²) >= 11 is 7.55. The number of nitrogens with one attached hydrogen (secondary N) is 1. The predicted octanol–water partition coefficient (Wildman–Crippen LogP) is 4.09. The van der Waals surface area contributed by atoms with Gasteiger partial charge < -0.3 is 10.1 Å². The Labute approximate surface area is 119 Å². The Hall–Kier alpha value is -0.0900. The lowest BCUT2D eigenvalue weighted by molar-refractivity contribution is 0.0632. The number of hydrogen-bond acceptors (Lipinski definition) is 3. The molecule has 1 aromatic rings. The van der Waals surface area contributed by atoms with Crippen molar-refractivity contribution in [2.45, 2.75) is 38.6 Å². The van der Waals surface area contributed by atoms with Gasteiger partial charge in [0, 0.05) is 24.6 Å². The van der Waals surface area contributed by atoms with Gasteiger partial charge in [0.2, 0.25) is 0 Å². The van der Waals surface area contributed by atoms with E-state index in [4.69, 9.17) is 16.3 Å². The van der Waals surface area contributed by atoms with Gasteiger partial charge in [-0.25, -0.2) is 0 Å². The molecule has 2 rings (SSSR count). The quantitative estimate of drug-likeness (QED) is 0.763. The van der Waals surface area contributed by atoms with Crippen LogP contribution in [0.3, 0.4) is 0 Å². The van der Waals surface area contributed by atoms with E-state index in [0.717, 1.165) is 36.6 Å². The maximum atomic E-state index is 5.89. The van der Waals surface area contributed by atoms with Crippen LogP contribution in [0.2, 0.25) is 4.34 Å². The molecular weight excluding hydrogens is 266 g/mol. The molecule has 0 aliphatic carbocycles. The summed E-state index contributed by atoms with van der Waals surface area (Å²) < 4.78 is 6.25. The van der Waals surface area contributed by atoms with E-state index in [1.54, 1.807) is 11.3 Å². The molecule has 1 N–H and O–H groups in total. The van der Waals surface area contributed by atoms with Gasteiger partial charge in [0.25, 0.3) is 0 Å². The fourth-order valence-corrected chi connectivity index (χ4v) is 3.43. The lowest BCUT2D eigenvalue weighted by Crippen LogP contribution is -2.17. The lowest BCUT2D eigenvalue weighted by atomic mass is 9.94. The van der Waals surface area contributed by atoms with Crippen LogP contribution in [0, 0.1) is 5.92 Å². The highest BCUT2D eigenvalue weighted by atomic mass is 35.5. The van der Waals surface area contributed by atoms with E-state index in [2.05, 4.69) is 11.4 Å². The van der Waals surface area contributed by atoms with Gasteiger partial charge in [0.15, 0.2) is 0 Å². The molecule has 102 valence electrons. The molecule has 1 aliphatic rings. The van der Waals surface area contributed by atoms with Crippen LogP contribution in [0.5, 0.6) is 0 Å². The van der Waals surface area contributed by atoms with Crippen LogP contribution in [-0.4, -0.2) is 19.8 Å². The first-order chi connectivity index (χ1) is 8.84. The molecule has 0 amide bonds. The summed E-state index contributed by atoms with van der Waals surface area (Å²) in [6.07, 6.45) is 6.51. The molecule has 0 radical (unpaired) electrons. The van der Waals surface area contributed by atoms with E-state index in [1.807, 2.05) is 6.07 Å². The Morgan fingerprint density at radius 2 is 2.11 bits per heavy atom. The van der Waals surface area contributed by atoms with Crippen LogP contribution < -0.4 is 5.32 Å². The van der Waals surface area contributed by atoms with Crippen molar-refractivity contribution in [1.82, 2.24) is 5.32 Å². The number of halogens is 1. The third kappa shape index (κ3) is 5.27. The fraction of sp³-hybridized carbons (Fsp3) is 0.714. The number of thiophene rings is 1. The highest BCUT2D eigenvalue weighted by Crippen LogP contribution is 2.22. The van der Waals surface area contributed by atoms with Gasteiger partial charge >= 0.3 is 0 Å². The molecule has 0 spiro atoms. The molecule has 0 bridgehead atoms. The second kappa shape index (κ2) is 8.16. The van der Waals surface area contributed by atoms with Gasteiger partial charge in [-0.2, -0.15) is 0 Å². The maximum Gasteiger partial charge on any atom is 0.0931 e. The molecule has 1 fully saturated rings. The Kier molecular flexibility index (Phi) is 6.49. The van der Waals surface area contributed by atoms with Crippen LogP contribution in [0.1, 0.15) is 37.0 Å². The minimum absolute atomic E-state index is 0.881. The summed E-state index contributed by atoms with van der Waals surface area (Å²) in [5, 5.41) is 3.48. The molecular formula is C14H22ClNOS. The number of ether oxygens (including phenoxy) is 1. The fourth-order valence-electron chi connectivity index (χ4n) is 2.38. The van der Waals surface area contributed by atoms with Gasteiger partial charge in [-0.3, -0.25) is 0 Å². The first kappa shape index (κ1) is 14.3. The highest BCUT2D eigenvalue weighted by Gasteiger charge is 2.12. The Bertz CT molecular complexity index is 336. The average Bonchev–Trinajstić information content (AvgIpc) is 2.81. The molecule has 1 aliphatic heterocycles. The largest absolute Gasteiger partial charge is 0.381 e.